The van der Waals surface area contributed by atoms with E-state index in [1.54, 1.807) is 25.1 Å². The maximum Gasteiger partial charge on any atom is 0.335 e. The van der Waals surface area contributed by atoms with Crippen molar-refractivity contribution in [3.05, 3.63) is 34.3 Å². The van der Waals surface area contributed by atoms with Crippen molar-refractivity contribution in [1.29, 1.82) is 0 Å². The molecule has 0 saturated carbocycles. The van der Waals surface area contributed by atoms with Gasteiger partial charge < -0.3 is 19.9 Å². The number of imidazole rings is 1. The standard InChI is InChI=1S/C17H17N5O3S/c1-9(23)22-6-5-11-14(8-22)26-17(19-11)20-16-18-12-7-10(15(24)25)3-4-13(12)21(16)2/h3-4,7H,5-6,8H2,1-2H3,(H,24,25)(H,18,19,20). The molecule has 2 aromatic heterocycles. The summed E-state index contributed by atoms with van der Waals surface area (Å²) in [6.07, 6.45) is 0.748. The highest BCUT2D eigenvalue weighted by Crippen LogP contribution is 2.31. The van der Waals surface area contributed by atoms with Crippen molar-refractivity contribution in [3.8, 4) is 0 Å². The van der Waals surface area contributed by atoms with Crippen LogP contribution in [-0.4, -0.2) is 43.0 Å². The first-order valence-electron chi connectivity index (χ1n) is 8.13. The van der Waals surface area contributed by atoms with Crippen LogP contribution in [0, 0.1) is 0 Å². The molecule has 0 aliphatic carbocycles. The predicted molar refractivity (Wildman–Crippen MR) is 97.9 cm³/mol. The number of nitrogens with one attached hydrogen (secondary N) is 1. The fourth-order valence-corrected chi connectivity index (χ4v) is 4.08. The van der Waals surface area contributed by atoms with Gasteiger partial charge in [-0.05, 0) is 18.2 Å². The number of aryl methyl sites for hydroxylation is 1. The van der Waals surface area contributed by atoms with Gasteiger partial charge in [0.05, 0.1) is 28.8 Å². The highest BCUT2D eigenvalue weighted by Gasteiger charge is 2.22. The molecule has 0 bridgehead atoms. The van der Waals surface area contributed by atoms with Crippen LogP contribution < -0.4 is 5.32 Å². The molecule has 134 valence electrons. The number of thiazole rings is 1. The summed E-state index contributed by atoms with van der Waals surface area (Å²) in [6.45, 7) is 2.86. The summed E-state index contributed by atoms with van der Waals surface area (Å²) in [7, 11) is 1.86. The maximum absolute atomic E-state index is 11.6. The Morgan fingerprint density at radius 1 is 1.31 bits per heavy atom. The van der Waals surface area contributed by atoms with Gasteiger partial charge in [0, 0.05) is 31.8 Å². The number of carbonyl (C=O) groups is 2. The molecule has 2 N–H and O–H groups in total. The summed E-state index contributed by atoms with van der Waals surface area (Å²) in [5.74, 6) is -0.310. The number of aromatic nitrogens is 3. The Labute approximate surface area is 153 Å². The number of rotatable bonds is 3. The third-order valence-electron chi connectivity index (χ3n) is 4.52. The van der Waals surface area contributed by atoms with Crippen LogP contribution in [-0.2, 0) is 24.8 Å². The molecule has 1 aliphatic rings. The second-order valence-electron chi connectivity index (χ2n) is 6.21. The summed E-state index contributed by atoms with van der Waals surface area (Å²) in [5.41, 5.74) is 2.67. The second-order valence-corrected chi connectivity index (χ2v) is 7.29. The molecule has 1 aromatic carbocycles. The molecule has 3 heterocycles. The molecule has 4 rings (SSSR count). The maximum atomic E-state index is 11.6. The van der Waals surface area contributed by atoms with Crippen LogP contribution in [0.15, 0.2) is 18.2 Å². The number of carboxylic acids is 1. The van der Waals surface area contributed by atoms with E-state index in [-0.39, 0.29) is 11.5 Å². The van der Waals surface area contributed by atoms with Gasteiger partial charge in [0.15, 0.2) is 5.13 Å². The van der Waals surface area contributed by atoms with Gasteiger partial charge in [0.25, 0.3) is 0 Å². The van der Waals surface area contributed by atoms with E-state index in [1.165, 1.54) is 11.3 Å². The molecule has 1 amide bonds. The lowest BCUT2D eigenvalue weighted by molar-refractivity contribution is -0.129. The quantitative estimate of drug-likeness (QED) is 0.733. The van der Waals surface area contributed by atoms with E-state index in [4.69, 9.17) is 5.11 Å². The second kappa shape index (κ2) is 6.10. The minimum absolute atomic E-state index is 0.0724. The van der Waals surface area contributed by atoms with Gasteiger partial charge in [-0.2, -0.15) is 0 Å². The number of hydrogen-bond donors (Lipinski definition) is 2. The number of anilines is 2. The minimum atomic E-state index is -0.977. The number of benzene rings is 1. The van der Waals surface area contributed by atoms with Crippen molar-refractivity contribution in [2.45, 2.75) is 19.9 Å². The van der Waals surface area contributed by atoms with Gasteiger partial charge in [-0.25, -0.2) is 14.8 Å². The molecular weight excluding hydrogens is 354 g/mol. The smallest absolute Gasteiger partial charge is 0.335 e. The summed E-state index contributed by atoms with van der Waals surface area (Å²) < 4.78 is 1.86. The highest BCUT2D eigenvalue weighted by molar-refractivity contribution is 7.15. The summed E-state index contributed by atoms with van der Waals surface area (Å²) in [4.78, 5) is 34.7. The predicted octanol–water partition coefficient (Wildman–Crippen LogP) is 2.38. The van der Waals surface area contributed by atoms with Crippen LogP contribution in [0.2, 0.25) is 0 Å². The largest absolute Gasteiger partial charge is 0.478 e. The van der Waals surface area contributed by atoms with Gasteiger partial charge in [-0.15, -0.1) is 0 Å². The van der Waals surface area contributed by atoms with Crippen molar-refractivity contribution in [1.82, 2.24) is 19.4 Å². The minimum Gasteiger partial charge on any atom is -0.478 e. The molecule has 3 aromatic rings. The molecule has 9 heteroatoms. The van der Waals surface area contributed by atoms with Crippen molar-refractivity contribution in [2.75, 3.05) is 11.9 Å². The summed E-state index contributed by atoms with van der Waals surface area (Å²) in [5, 5.41) is 13.1. The van der Waals surface area contributed by atoms with E-state index in [9.17, 15) is 9.59 Å². The Balaban J connectivity index is 1.63. The zero-order valence-electron chi connectivity index (χ0n) is 14.3. The van der Waals surface area contributed by atoms with Crippen molar-refractivity contribution >= 4 is 45.3 Å². The summed E-state index contributed by atoms with van der Waals surface area (Å²) >= 11 is 1.51. The Bertz CT molecular complexity index is 1040. The van der Waals surface area contributed by atoms with Crippen LogP contribution in [0.4, 0.5) is 11.1 Å². The Morgan fingerprint density at radius 2 is 2.12 bits per heavy atom. The van der Waals surface area contributed by atoms with E-state index in [1.807, 2.05) is 16.5 Å². The third-order valence-corrected chi connectivity index (χ3v) is 5.52. The molecule has 0 atom stereocenters. The molecule has 8 nitrogen and oxygen atoms in total. The third kappa shape index (κ3) is 2.80. The normalized spacial score (nSPS) is 13.7. The lowest BCUT2D eigenvalue weighted by Gasteiger charge is -2.24. The SMILES string of the molecule is CC(=O)N1CCc2nc(Nc3nc4cc(C(=O)O)ccc4n3C)sc2C1. The van der Waals surface area contributed by atoms with Crippen LogP contribution in [0.5, 0.6) is 0 Å². The van der Waals surface area contributed by atoms with Crippen LogP contribution in [0.25, 0.3) is 11.0 Å². The first kappa shape index (κ1) is 16.5. The Morgan fingerprint density at radius 3 is 2.85 bits per heavy atom. The number of carboxylic acid groups (broad SMARTS) is 1. The average Bonchev–Trinajstić information content (AvgIpc) is 3.14. The van der Waals surface area contributed by atoms with Gasteiger partial charge in [-0.3, -0.25) is 4.79 Å². The molecule has 26 heavy (non-hydrogen) atoms. The summed E-state index contributed by atoms with van der Waals surface area (Å²) in [6, 6.07) is 4.86. The van der Waals surface area contributed by atoms with E-state index in [0.29, 0.717) is 24.6 Å². The lowest BCUT2D eigenvalue weighted by atomic mass is 10.2. The Kier molecular flexibility index (Phi) is 3.87. The fourth-order valence-electron chi connectivity index (χ4n) is 3.06. The van der Waals surface area contributed by atoms with E-state index in [0.717, 1.165) is 27.6 Å². The Hall–Kier alpha value is -2.94. The monoisotopic (exact) mass is 371 g/mol. The first-order chi connectivity index (χ1) is 12.4. The number of hydrogen-bond acceptors (Lipinski definition) is 6. The van der Waals surface area contributed by atoms with Gasteiger partial charge in [-0.1, -0.05) is 11.3 Å². The molecule has 1 aliphatic heterocycles. The molecular formula is C17H17N5O3S. The van der Waals surface area contributed by atoms with E-state index < -0.39 is 5.97 Å². The van der Waals surface area contributed by atoms with Crippen LogP contribution in [0.3, 0.4) is 0 Å². The van der Waals surface area contributed by atoms with Crippen molar-refractivity contribution in [2.24, 2.45) is 7.05 Å². The number of aromatic carboxylic acids is 1. The number of fused-ring (bicyclic) bond motifs is 2. The zero-order valence-corrected chi connectivity index (χ0v) is 15.1. The molecule has 0 spiro atoms. The molecule has 0 unspecified atom stereocenters. The lowest BCUT2D eigenvalue weighted by Crippen LogP contribution is -2.33. The zero-order chi connectivity index (χ0) is 18.4. The number of carbonyl (C=O) groups excluding carboxylic acids is 1. The topological polar surface area (TPSA) is 100 Å². The highest BCUT2D eigenvalue weighted by atomic mass is 32.1. The van der Waals surface area contributed by atoms with Crippen LogP contribution >= 0.6 is 11.3 Å². The fraction of sp³-hybridized carbons (Fsp3) is 0.294. The van der Waals surface area contributed by atoms with Crippen LogP contribution in [0.1, 0.15) is 27.9 Å². The first-order valence-corrected chi connectivity index (χ1v) is 8.95. The van der Waals surface area contributed by atoms with Gasteiger partial charge >= 0.3 is 5.97 Å². The molecule has 0 radical (unpaired) electrons. The van der Waals surface area contributed by atoms with Crippen molar-refractivity contribution < 1.29 is 14.7 Å². The number of amides is 1. The van der Waals surface area contributed by atoms with E-state index >= 15 is 0 Å². The van der Waals surface area contributed by atoms with Gasteiger partial charge in [0.2, 0.25) is 11.9 Å². The van der Waals surface area contributed by atoms with E-state index in [2.05, 4.69) is 15.3 Å². The molecule has 0 saturated heterocycles. The molecule has 0 fully saturated rings. The van der Waals surface area contributed by atoms with Crippen molar-refractivity contribution in [3.63, 3.8) is 0 Å². The van der Waals surface area contributed by atoms with Gasteiger partial charge in [0.1, 0.15) is 0 Å². The average molecular weight is 371 g/mol. The number of nitrogens with zero attached hydrogens (tertiary/aromatic N) is 4.